The van der Waals surface area contributed by atoms with Crippen molar-refractivity contribution in [2.45, 2.75) is 0 Å². The van der Waals surface area contributed by atoms with Crippen LogP contribution in [-0.4, -0.2) is 10.8 Å². The standard InChI is InChI=1S/C9H6F2N2O3/c1-2-7(14)12-9-6(13(15)16)4-3-5(10)8(9)11/h2-4H,1H2,(H,12,14). The molecule has 0 aliphatic heterocycles. The number of anilines is 1. The Hall–Kier alpha value is -2.31. The van der Waals surface area contributed by atoms with Crippen LogP contribution in [0.5, 0.6) is 0 Å². The van der Waals surface area contributed by atoms with Crippen LogP contribution in [0.1, 0.15) is 0 Å². The Morgan fingerprint density at radius 1 is 1.50 bits per heavy atom. The molecule has 16 heavy (non-hydrogen) atoms. The van der Waals surface area contributed by atoms with Crippen molar-refractivity contribution in [1.82, 2.24) is 0 Å². The molecule has 5 nitrogen and oxygen atoms in total. The summed E-state index contributed by atoms with van der Waals surface area (Å²) < 4.78 is 26.0. The first-order valence-corrected chi connectivity index (χ1v) is 4.03. The molecule has 1 aromatic rings. The molecule has 0 saturated carbocycles. The predicted octanol–water partition coefficient (Wildman–Crippen LogP) is 2.00. The summed E-state index contributed by atoms with van der Waals surface area (Å²) in [7, 11) is 0. The summed E-state index contributed by atoms with van der Waals surface area (Å²) in [4.78, 5) is 20.4. The molecule has 0 radical (unpaired) electrons. The minimum Gasteiger partial charge on any atom is -0.314 e. The number of nitro groups is 1. The van der Waals surface area contributed by atoms with E-state index in [2.05, 4.69) is 6.58 Å². The molecule has 0 fully saturated rings. The van der Waals surface area contributed by atoms with Gasteiger partial charge in [0.15, 0.2) is 17.3 Å². The highest BCUT2D eigenvalue weighted by atomic mass is 19.2. The Kier molecular flexibility index (Phi) is 3.29. The maximum atomic E-state index is 13.2. The predicted molar refractivity (Wildman–Crippen MR) is 51.8 cm³/mol. The first-order chi connectivity index (χ1) is 7.47. The maximum absolute atomic E-state index is 13.2. The van der Waals surface area contributed by atoms with E-state index < -0.39 is 33.8 Å². The summed E-state index contributed by atoms with van der Waals surface area (Å²) >= 11 is 0. The highest BCUT2D eigenvalue weighted by Crippen LogP contribution is 2.28. The Morgan fingerprint density at radius 2 is 2.12 bits per heavy atom. The van der Waals surface area contributed by atoms with Gasteiger partial charge >= 0.3 is 0 Å². The van der Waals surface area contributed by atoms with E-state index >= 15 is 0 Å². The molecular formula is C9H6F2N2O3. The summed E-state index contributed by atoms with van der Waals surface area (Å²) in [6.45, 7) is 3.09. The van der Waals surface area contributed by atoms with E-state index in [1.807, 2.05) is 5.32 Å². The first-order valence-electron chi connectivity index (χ1n) is 4.03. The van der Waals surface area contributed by atoms with Gasteiger partial charge in [-0.2, -0.15) is 0 Å². The number of hydrogen-bond acceptors (Lipinski definition) is 3. The quantitative estimate of drug-likeness (QED) is 0.488. The first kappa shape index (κ1) is 11.8. The molecule has 1 N–H and O–H groups in total. The van der Waals surface area contributed by atoms with Crippen LogP contribution in [0.25, 0.3) is 0 Å². The molecule has 0 spiro atoms. The fraction of sp³-hybridized carbons (Fsp3) is 0. The lowest BCUT2D eigenvalue weighted by Gasteiger charge is -2.05. The van der Waals surface area contributed by atoms with Gasteiger partial charge in [-0.1, -0.05) is 6.58 Å². The zero-order valence-corrected chi connectivity index (χ0v) is 7.87. The third-order valence-corrected chi connectivity index (χ3v) is 1.70. The van der Waals surface area contributed by atoms with Gasteiger partial charge in [0.25, 0.3) is 5.69 Å². The Bertz CT molecular complexity index is 474. The monoisotopic (exact) mass is 228 g/mol. The lowest BCUT2D eigenvalue weighted by atomic mass is 10.2. The molecule has 1 aromatic carbocycles. The second-order valence-electron chi connectivity index (χ2n) is 2.71. The molecular weight excluding hydrogens is 222 g/mol. The van der Waals surface area contributed by atoms with Crippen LogP contribution in [0.4, 0.5) is 20.2 Å². The van der Waals surface area contributed by atoms with E-state index in [4.69, 9.17) is 0 Å². The molecule has 0 aliphatic rings. The number of hydrogen-bond donors (Lipinski definition) is 1. The average molecular weight is 228 g/mol. The average Bonchev–Trinajstić information content (AvgIpc) is 2.24. The molecule has 0 bridgehead atoms. The van der Waals surface area contributed by atoms with Gasteiger partial charge in [0.1, 0.15) is 0 Å². The second kappa shape index (κ2) is 4.47. The number of benzene rings is 1. The lowest BCUT2D eigenvalue weighted by Crippen LogP contribution is -2.11. The molecule has 7 heteroatoms. The van der Waals surface area contributed by atoms with Gasteiger partial charge in [-0.25, -0.2) is 8.78 Å². The fourth-order valence-electron chi connectivity index (χ4n) is 0.986. The molecule has 0 unspecified atom stereocenters. The van der Waals surface area contributed by atoms with E-state index in [1.54, 1.807) is 0 Å². The van der Waals surface area contributed by atoms with Crippen molar-refractivity contribution in [3.63, 3.8) is 0 Å². The second-order valence-corrected chi connectivity index (χ2v) is 2.71. The van der Waals surface area contributed by atoms with Gasteiger partial charge in [0, 0.05) is 6.07 Å². The third kappa shape index (κ3) is 2.19. The number of nitro benzene ring substituents is 1. The van der Waals surface area contributed by atoms with E-state index in [-0.39, 0.29) is 0 Å². The lowest BCUT2D eigenvalue weighted by molar-refractivity contribution is -0.384. The van der Waals surface area contributed by atoms with Crippen LogP contribution in [0.3, 0.4) is 0 Å². The van der Waals surface area contributed by atoms with Crippen LogP contribution in [0.2, 0.25) is 0 Å². The minimum atomic E-state index is -1.48. The van der Waals surface area contributed by atoms with Gasteiger partial charge in [-0.15, -0.1) is 0 Å². The van der Waals surface area contributed by atoms with E-state index in [0.29, 0.717) is 6.07 Å². The number of nitrogens with zero attached hydrogens (tertiary/aromatic N) is 1. The SMILES string of the molecule is C=CC(=O)Nc1c([N+](=O)[O-])ccc(F)c1F. The third-order valence-electron chi connectivity index (χ3n) is 1.70. The maximum Gasteiger partial charge on any atom is 0.296 e. The smallest absolute Gasteiger partial charge is 0.296 e. The molecule has 0 atom stereocenters. The fourth-order valence-corrected chi connectivity index (χ4v) is 0.986. The Labute approximate surface area is 88.5 Å². The van der Waals surface area contributed by atoms with Crippen molar-refractivity contribution in [2.75, 3.05) is 5.32 Å². The van der Waals surface area contributed by atoms with Crippen LogP contribution >= 0.6 is 0 Å². The number of nitrogens with one attached hydrogen (secondary N) is 1. The zero-order valence-electron chi connectivity index (χ0n) is 7.87. The van der Waals surface area contributed by atoms with E-state index in [0.717, 1.165) is 12.1 Å². The Balaban J connectivity index is 3.31. The zero-order chi connectivity index (χ0) is 12.3. The number of rotatable bonds is 3. The van der Waals surface area contributed by atoms with Gasteiger partial charge < -0.3 is 5.32 Å². The number of carbonyl (C=O) groups excluding carboxylic acids is 1. The van der Waals surface area contributed by atoms with Crippen molar-refractivity contribution < 1.29 is 18.5 Å². The highest BCUT2D eigenvalue weighted by molar-refractivity contribution is 6.00. The van der Waals surface area contributed by atoms with Gasteiger partial charge in [-0.05, 0) is 12.1 Å². The summed E-state index contributed by atoms with van der Waals surface area (Å²) in [5.74, 6) is -3.64. The number of halogens is 2. The van der Waals surface area contributed by atoms with Crippen LogP contribution in [-0.2, 0) is 4.79 Å². The molecule has 0 saturated heterocycles. The number of carbonyl (C=O) groups is 1. The highest BCUT2D eigenvalue weighted by Gasteiger charge is 2.22. The number of amides is 1. The molecule has 0 heterocycles. The van der Waals surface area contributed by atoms with Gasteiger partial charge in [0.05, 0.1) is 4.92 Å². The summed E-state index contributed by atoms with van der Waals surface area (Å²) in [5.41, 5.74) is -1.54. The van der Waals surface area contributed by atoms with Crippen molar-refractivity contribution in [3.05, 3.63) is 46.5 Å². The molecule has 0 aromatic heterocycles. The van der Waals surface area contributed by atoms with Crippen molar-refractivity contribution in [2.24, 2.45) is 0 Å². The molecule has 0 aliphatic carbocycles. The van der Waals surface area contributed by atoms with Gasteiger partial charge in [0.2, 0.25) is 5.91 Å². The van der Waals surface area contributed by atoms with Crippen molar-refractivity contribution in [1.29, 1.82) is 0 Å². The van der Waals surface area contributed by atoms with E-state index in [1.165, 1.54) is 0 Å². The van der Waals surface area contributed by atoms with Crippen LogP contribution in [0.15, 0.2) is 24.8 Å². The van der Waals surface area contributed by atoms with Crippen LogP contribution in [0, 0.1) is 21.7 Å². The topological polar surface area (TPSA) is 72.2 Å². The minimum absolute atomic E-state index is 0.608. The molecule has 1 amide bonds. The van der Waals surface area contributed by atoms with E-state index in [9.17, 15) is 23.7 Å². The van der Waals surface area contributed by atoms with Crippen molar-refractivity contribution >= 4 is 17.3 Å². The Morgan fingerprint density at radius 3 is 2.62 bits per heavy atom. The largest absolute Gasteiger partial charge is 0.314 e. The molecule has 1 rings (SSSR count). The van der Waals surface area contributed by atoms with Gasteiger partial charge in [-0.3, -0.25) is 14.9 Å². The molecule has 84 valence electrons. The summed E-state index contributed by atoms with van der Waals surface area (Å²) in [6.07, 6.45) is 0.786. The summed E-state index contributed by atoms with van der Waals surface area (Å²) in [5, 5.41) is 12.3. The van der Waals surface area contributed by atoms with Crippen molar-refractivity contribution in [3.8, 4) is 0 Å². The summed E-state index contributed by atoms with van der Waals surface area (Å²) in [6, 6.07) is 1.37. The van der Waals surface area contributed by atoms with Crippen LogP contribution < -0.4 is 5.32 Å². The normalized spacial score (nSPS) is 9.62.